The van der Waals surface area contributed by atoms with Crippen molar-refractivity contribution in [2.75, 3.05) is 0 Å². The van der Waals surface area contributed by atoms with Crippen LogP contribution in [0.3, 0.4) is 0 Å². The largest absolute Gasteiger partial charge is 0.361 e. The molecule has 5 rings (SSSR count). The van der Waals surface area contributed by atoms with Crippen molar-refractivity contribution >= 4 is 31.8 Å². The van der Waals surface area contributed by atoms with Crippen LogP contribution in [0.15, 0.2) is 59.9 Å². The Morgan fingerprint density at radius 3 is 2.29 bits per heavy atom. The van der Waals surface area contributed by atoms with Gasteiger partial charge in [-0.2, -0.15) is 0 Å². The molecule has 2 aromatic carbocycles. The molecule has 0 unspecified atom stereocenters. The first-order valence-corrected chi connectivity index (χ1v) is 11.4. The van der Waals surface area contributed by atoms with Gasteiger partial charge in [0.1, 0.15) is 5.82 Å². The highest BCUT2D eigenvalue weighted by Gasteiger charge is 2.29. The summed E-state index contributed by atoms with van der Waals surface area (Å²) < 4.78 is 39.8. The van der Waals surface area contributed by atoms with Crippen LogP contribution in [0.2, 0.25) is 0 Å². The van der Waals surface area contributed by atoms with Crippen molar-refractivity contribution in [3.63, 3.8) is 0 Å². The van der Waals surface area contributed by atoms with Crippen LogP contribution in [0.25, 0.3) is 44.2 Å². The number of nitrogens with two attached hydrogens (primary N) is 1. The zero-order valence-electron chi connectivity index (χ0n) is 17.0. The summed E-state index contributed by atoms with van der Waals surface area (Å²) in [7, 11) is -4.09. The summed E-state index contributed by atoms with van der Waals surface area (Å²) in [4.78, 5) is 9.23. The van der Waals surface area contributed by atoms with Gasteiger partial charge < -0.3 is 15.0 Å². The van der Waals surface area contributed by atoms with E-state index in [1.165, 1.54) is 12.1 Å². The molecule has 0 amide bonds. The number of sulfonamides is 1. The van der Waals surface area contributed by atoms with Crippen molar-refractivity contribution in [3.8, 4) is 22.4 Å². The molecular formula is C23H21FN4O2S. The molecule has 31 heavy (non-hydrogen) atoms. The monoisotopic (exact) mass is 436 g/mol. The average molecular weight is 437 g/mol. The van der Waals surface area contributed by atoms with Gasteiger partial charge in [-0.25, -0.2) is 17.9 Å². The molecule has 158 valence electrons. The fourth-order valence-corrected chi connectivity index (χ4v) is 5.15. The van der Waals surface area contributed by atoms with Crippen molar-refractivity contribution in [2.45, 2.75) is 24.8 Å². The van der Waals surface area contributed by atoms with Gasteiger partial charge in [-0.3, -0.25) is 0 Å². The number of fused-ring (bicyclic) bond motifs is 2. The van der Waals surface area contributed by atoms with Crippen molar-refractivity contribution in [2.24, 2.45) is 5.14 Å². The van der Waals surface area contributed by atoms with E-state index in [9.17, 15) is 12.8 Å². The second kappa shape index (κ2) is 6.83. The maximum absolute atomic E-state index is 14.4. The first kappa shape index (κ1) is 19.6. The van der Waals surface area contributed by atoms with Gasteiger partial charge in [-0.15, -0.1) is 0 Å². The molecule has 0 bridgehead atoms. The summed E-state index contributed by atoms with van der Waals surface area (Å²) in [6.07, 6.45) is 3.54. The van der Waals surface area contributed by atoms with E-state index < -0.39 is 15.8 Å². The van der Waals surface area contributed by atoms with Crippen molar-refractivity contribution in [1.82, 2.24) is 15.0 Å². The molecule has 0 aliphatic carbocycles. The lowest BCUT2D eigenvalue weighted by Gasteiger charge is -2.13. The first-order chi connectivity index (χ1) is 14.8. The van der Waals surface area contributed by atoms with E-state index in [2.05, 4.69) is 15.0 Å². The zero-order valence-corrected chi connectivity index (χ0v) is 17.8. The van der Waals surface area contributed by atoms with Crippen LogP contribution in [0.1, 0.15) is 25.3 Å². The van der Waals surface area contributed by atoms with Crippen LogP contribution >= 0.6 is 0 Å². The number of hydrogen-bond donors (Lipinski definition) is 4. The van der Waals surface area contributed by atoms with Gasteiger partial charge in [0.25, 0.3) is 10.0 Å². The fraction of sp³-hybridized carbons (Fsp3) is 0.130. The van der Waals surface area contributed by atoms with Gasteiger partial charge in [0.2, 0.25) is 0 Å². The van der Waals surface area contributed by atoms with Gasteiger partial charge in [-0.05, 0) is 47.4 Å². The average Bonchev–Trinajstić information content (AvgIpc) is 3.43. The quantitative estimate of drug-likeness (QED) is 0.310. The number of primary sulfonamides is 1. The minimum Gasteiger partial charge on any atom is -0.361 e. The zero-order chi connectivity index (χ0) is 21.9. The second-order valence-electron chi connectivity index (χ2n) is 7.95. The fourth-order valence-electron chi connectivity index (χ4n) is 4.40. The van der Waals surface area contributed by atoms with Crippen molar-refractivity contribution in [3.05, 3.63) is 66.2 Å². The standard InChI is InChI=1S/C23H21FN4O2S/c1-12(2)20-21(16-4-3-5-18-14(16)6-8-26-18)23(31(25,29)30)28-22(20)17-10-13(24)11-19-15(17)7-9-27-19/h3-12,26-28H,1-2H3,(H2,25,29,30). The topological polar surface area (TPSA) is 108 Å². The number of nitrogens with one attached hydrogen (secondary N) is 3. The molecule has 0 atom stereocenters. The molecule has 0 saturated heterocycles. The van der Waals surface area contributed by atoms with E-state index in [0.717, 1.165) is 27.4 Å². The van der Waals surface area contributed by atoms with E-state index in [-0.39, 0.29) is 10.9 Å². The molecule has 5 N–H and O–H groups in total. The van der Waals surface area contributed by atoms with Gasteiger partial charge in [0, 0.05) is 45.3 Å². The molecule has 0 saturated carbocycles. The first-order valence-electron chi connectivity index (χ1n) is 9.88. The third kappa shape index (κ3) is 3.07. The summed E-state index contributed by atoms with van der Waals surface area (Å²) in [5, 5.41) is 7.24. The number of hydrogen-bond acceptors (Lipinski definition) is 2. The van der Waals surface area contributed by atoms with Gasteiger partial charge in [0.15, 0.2) is 5.03 Å². The van der Waals surface area contributed by atoms with Crippen LogP contribution in [0, 0.1) is 5.82 Å². The van der Waals surface area contributed by atoms with Crippen molar-refractivity contribution < 1.29 is 12.8 Å². The summed E-state index contributed by atoms with van der Waals surface area (Å²) in [6, 6.07) is 12.2. The lowest BCUT2D eigenvalue weighted by molar-refractivity contribution is 0.595. The molecule has 3 heterocycles. The summed E-state index contributed by atoms with van der Waals surface area (Å²) in [5.74, 6) is -0.482. The summed E-state index contributed by atoms with van der Waals surface area (Å²) >= 11 is 0. The molecule has 5 aromatic rings. The van der Waals surface area contributed by atoms with Crippen molar-refractivity contribution in [1.29, 1.82) is 0 Å². The maximum atomic E-state index is 14.4. The van der Waals surface area contributed by atoms with Crippen LogP contribution in [-0.4, -0.2) is 23.4 Å². The minimum absolute atomic E-state index is 0.0665. The number of H-pyrrole nitrogens is 3. The molecule has 0 fully saturated rings. The third-order valence-corrected chi connectivity index (χ3v) is 6.51. The lowest BCUT2D eigenvalue weighted by atomic mass is 9.90. The number of aromatic amines is 3. The second-order valence-corrected chi connectivity index (χ2v) is 9.45. The molecule has 0 radical (unpaired) electrons. The van der Waals surface area contributed by atoms with Gasteiger partial charge >= 0.3 is 0 Å². The van der Waals surface area contributed by atoms with Gasteiger partial charge in [0.05, 0.1) is 5.69 Å². The molecule has 0 aliphatic rings. The molecular weight excluding hydrogens is 415 g/mol. The third-order valence-electron chi connectivity index (χ3n) is 5.63. The Balaban J connectivity index is 1.95. The van der Waals surface area contributed by atoms with Crippen LogP contribution in [0.5, 0.6) is 0 Å². The highest BCUT2D eigenvalue weighted by Crippen LogP contribution is 2.44. The Morgan fingerprint density at radius 1 is 0.935 bits per heavy atom. The number of aromatic nitrogens is 3. The molecule has 0 aliphatic heterocycles. The Labute approximate surface area is 178 Å². The Kier molecular flexibility index (Phi) is 4.32. The predicted octanol–water partition coefficient (Wildman–Crippen LogP) is 5.22. The van der Waals surface area contributed by atoms with E-state index in [0.29, 0.717) is 22.3 Å². The molecule has 3 aromatic heterocycles. The minimum atomic E-state index is -4.09. The van der Waals surface area contributed by atoms with E-state index in [4.69, 9.17) is 5.14 Å². The van der Waals surface area contributed by atoms with Crippen LogP contribution in [0.4, 0.5) is 4.39 Å². The Bertz CT molecular complexity index is 1560. The number of halogens is 1. The molecule has 6 nitrogen and oxygen atoms in total. The SMILES string of the molecule is CC(C)c1c(-c2cc(F)cc3[nH]ccc23)[nH]c(S(N)(=O)=O)c1-c1cccc2[nH]ccc12. The van der Waals surface area contributed by atoms with E-state index >= 15 is 0 Å². The lowest BCUT2D eigenvalue weighted by Crippen LogP contribution is -2.14. The highest BCUT2D eigenvalue weighted by atomic mass is 32.2. The molecule has 0 spiro atoms. The van der Waals surface area contributed by atoms with E-state index in [1.54, 1.807) is 6.20 Å². The normalized spacial score (nSPS) is 12.4. The van der Waals surface area contributed by atoms with Crippen LogP contribution < -0.4 is 5.14 Å². The summed E-state index contributed by atoms with van der Waals surface area (Å²) in [5.41, 5.74) is 4.68. The number of benzene rings is 2. The Hall–Kier alpha value is -3.36. The van der Waals surface area contributed by atoms with Gasteiger partial charge in [-0.1, -0.05) is 26.0 Å². The smallest absolute Gasteiger partial charge is 0.254 e. The highest BCUT2D eigenvalue weighted by molar-refractivity contribution is 7.89. The summed E-state index contributed by atoms with van der Waals surface area (Å²) in [6.45, 7) is 3.96. The van der Waals surface area contributed by atoms with Crippen LogP contribution in [-0.2, 0) is 10.0 Å². The predicted molar refractivity (Wildman–Crippen MR) is 121 cm³/mol. The maximum Gasteiger partial charge on any atom is 0.254 e. The molecule has 8 heteroatoms. The number of rotatable bonds is 4. The Morgan fingerprint density at radius 2 is 1.61 bits per heavy atom. The van der Waals surface area contributed by atoms with E-state index in [1.807, 2.05) is 50.4 Å².